The number of fused-ring (bicyclic) bond motifs is 4. The number of carbonyl (C=O) groups excluding carboxylic acids is 2. The molecule has 0 saturated heterocycles. The first-order valence-corrected chi connectivity index (χ1v) is 9.28. The lowest BCUT2D eigenvalue weighted by molar-refractivity contribution is 0.0926. The van der Waals surface area contributed by atoms with Crippen molar-refractivity contribution in [2.75, 3.05) is 18.1 Å². The molecule has 2 amide bonds. The number of ether oxygens (including phenoxy) is 2. The molecule has 2 aliphatic heterocycles. The summed E-state index contributed by atoms with van der Waals surface area (Å²) in [6.07, 6.45) is 4.69. The summed E-state index contributed by atoms with van der Waals surface area (Å²) in [6, 6.07) is 8.60. The third kappa shape index (κ3) is 2.26. The topological polar surface area (TPSA) is 110 Å². The van der Waals surface area contributed by atoms with Crippen molar-refractivity contribution in [2.24, 2.45) is 0 Å². The van der Waals surface area contributed by atoms with Crippen LogP contribution in [0.4, 0.5) is 5.69 Å². The molecule has 2 aliphatic rings. The van der Waals surface area contributed by atoms with Gasteiger partial charge in [0.05, 0.1) is 27.9 Å². The number of nitrogens with one attached hydrogen (secondary N) is 1. The molecule has 3 aromatic heterocycles. The lowest BCUT2D eigenvalue weighted by Gasteiger charge is -2.21. The molecule has 9 heteroatoms. The highest BCUT2D eigenvalue weighted by atomic mass is 16.6. The highest BCUT2D eigenvalue weighted by Gasteiger charge is 2.40. The van der Waals surface area contributed by atoms with E-state index in [1.54, 1.807) is 42.7 Å². The summed E-state index contributed by atoms with van der Waals surface area (Å²) in [5.74, 6) is 0.207. The van der Waals surface area contributed by atoms with Crippen molar-refractivity contribution >= 4 is 28.5 Å². The summed E-state index contributed by atoms with van der Waals surface area (Å²) in [5.41, 5.74) is 2.69. The van der Waals surface area contributed by atoms with Crippen molar-refractivity contribution in [3.63, 3.8) is 0 Å². The molecule has 0 radical (unpaired) electrons. The predicted molar refractivity (Wildman–Crippen MR) is 106 cm³/mol. The number of aromatic amines is 1. The Bertz CT molecular complexity index is 1350. The first-order valence-electron chi connectivity index (χ1n) is 9.28. The molecule has 146 valence electrons. The van der Waals surface area contributed by atoms with Crippen LogP contribution in [-0.4, -0.2) is 45.2 Å². The van der Waals surface area contributed by atoms with Crippen LogP contribution in [0.5, 0.6) is 11.5 Å². The fraction of sp³-hybridized carbons (Fsp3) is 0.0952. The van der Waals surface area contributed by atoms with E-state index in [1.165, 1.54) is 6.20 Å². The Labute approximate surface area is 169 Å². The van der Waals surface area contributed by atoms with Crippen LogP contribution >= 0.6 is 0 Å². The standard InChI is InChI=1S/C21H13N5O4/c27-20-13-10-23-19-17(18(24-25-19)11-3-5-22-6-4-11)16(13)21(28)26(20)12-1-2-14-15(9-12)30-8-7-29-14/h1-6,9-10H,7-8H2,(H,23,24,25). The van der Waals surface area contributed by atoms with Gasteiger partial charge in [0.15, 0.2) is 17.1 Å². The zero-order valence-electron chi connectivity index (χ0n) is 15.5. The van der Waals surface area contributed by atoms with E-state index in [2.05, 4.69) is 20.2 Å². The van der Waals surface area contributed by atoms with Gasteiger partial charge in [-0.15, -0.1) is 0 Å². The monoisotopic (exact) mass is 399 g/mol. The van der Waals surface area contributed by atoms with Gasteiger partial charge in [-0.25, -0.2) is 9.88 Å². The predicted octanol–water partition coefficient (Wildman–Crippen LogP) is 2.59. The van der Waals surface area contributed by atoms with Crippen LogP contribution in [-0.2, 0) is 0 Å². The van der Waals surface area contributed by atoms with Gasteiger partial charge in [0, 0.05) is 30.2 Å². The van der Waals surface area contributed by atoms with Crippen LogP contribution in [0.1, 0.15) is 20.7 Å². The van der Waals surface area contributed by atoms with E-state index in [0.29, 0.717) is 47.1 Å². The van der Waals surface area contributed by atoms with Crippen molar-refractivity contribution in [2.45, 2.75) is 0 Å². The maximum atomic E-state index is 13.4. The third-order valence-corrected chi connectivity index (χ3v) is 5.19. The van der Waals surface area contributed by atoms with Gasteiger partial charge in [-0.2, -0.15) is 5.10 Å². The van der Waals surface area contributed by atoms with Gasteiger partial charge < -0.3 is 9.47 Å². The zero-order valence-corrected chi connectivity index (χ0v) is 15.5. The fourth-order valence-corrected chi connectivity index (χ4v) is 3.83. The molecule has 5 heterocycles. The Morgan fingerprint density at radius 1 is 0.967 bits per heavy atom. The summed E-state index contributed by atoms with van der Waals surface area (Å²) in [4.78, 5) is 36.0. The lowest BCUT2D eigenvalue weighted by atomic mass is 10.0. The van der Waals surface area contributed by atoms with E-state index in [0.717, 1.165) is 10.5 Å². The molecule has 1 N–H and O–H groups in total. The molecule has 0 bridgehead atoms. The molecule has 4 aromatic rings. The van der Waals surface area contributed by atoms with Crippen LogP contribution < -0.4 is 14.4 Å². The van der Waals surface area contributed by atoms with Gasteiger partial charge in [-0.1, -0.05) is 0 Å². The second-order valence-electron chi connectivity index (χ2n) is 6.85. The minimum atomic E-state index is -0.442. The maximum absolute atomic E-state index is 13.4. The summed E-state index contributed by atoms with van der Waals surface area (Å²) in [7, 11) is 0. The smallest absolute Gasteiger partial charge is 0.267 e. The Morgan fingerprint density at radius 2 is 1.77 bits per heavy atom. The first-order chi connectivity index (χ1) is 14.7. The fourth-order valence-electron chi connectivity index (χ4n) is 3.83. The maximum Gasteiger partial charge on any atom is 0.267 e. The normalized spacial score (nSPS) is 15.0. The summed E-state index contributed by atoms with van der Waals surface area (Å²) in [5, 5.41) is 7.66. The van der Waals surface area contributed by atoms with E-state index in [9.17, 15) is 9.59 Å². The number of imide groups is 1. The van der Waals surface area contributed by atoms with Crippen molar-refractivity contribution in [3.05, 3.63) is 60.0 Å². The minimum absolute atomic E-state index is 0.235. The second-order valence-corrected chi connectivity index (χ2v) is 6.85. The summed E-state index contributed by atoms with van der Waals surface area (Å²) in [6.45, 7) is 0.870. The van der Waals surface area contributed by atoms with Gasteiger partial charge in [-0.3, -0.25) is 19.7 Å². The molecule has 0 atom stereocenters. The number of anilines is 1. The van der Waals surface area contributed by atoms with Crippen molar-refractivity contribution in [1.29, 1.82) is 0 Å². The number of hydrogen-bond acceptors (Lipinski definition) is 7. The highest BCUT2D eigenvalue weighted by molar-refractivity contribution is 6.38. The number of aromatic nitrogens is 4. The van der Waals surface area contributed by atoms with Crippen molar-refractivity contribution in [1.82, 2.24) is 20.2 Å². The Balaban J connectivity index is 1.52. The number of carbonyl (C=O) groups is 2. The van der Waals surface area contributed by atoms with E-state index in [-0.39, 0.29) is 11.1 Å². The van der Waals surface area contributed by atoms with Gasteiger partial charge in [-0.05, 0) is 24.3 Å². The quantitative estimate of drug-likeness (QED) is 0.516. The van der Waals surface area contributed by atoms with E-state index < -0.39 is 11.8 Å². The molecule has 1 aromatic carbocycles. The molecule has 0 unspecified atom stereocenters. The van der Waals surface area contributed by atoms with Gasteiger partial charge >= 0.3 is 0 Å². The van der Waals surface area contributed by atoms with Crippen LogP contribution in [0.3, 0.4) is 0 Å². The molecule has 9 nitrogen and oxygen atoms in total. The van der Waals surface area contributed by atoms with Crippen LogP contribution in [0.15, 0.2) is 48.9 Å². The molecule has 30 heavy (non-hydrogen) atoms. The SMILES string of the molecule is O=C1c2cnc3n[nH]c(-c4ccncc4)c3c2C(=O)N1c1ccc2c(c1)OCCO2. The zero-order chi connectivity index (χ0) is 20.2. The van der Waals surface area contributed by atoms with E-state index >= 15 is 0 Å². The molecular weight excluding hydrogens is 386 g/mol. The van der Waals surface area contributed by atoms with Crippen molar-refractivity contribution in [3.8, 4) is 22.8 Å². The summed E-state index contributed by atoms with van der Waals surface area (Å²) >= 11 is 0. The largest absolute Gasteiger partial charge is 0.486 e. The molecule has 0 fully saturated rings. The highest BCUT2D eigenvalue weighted by Crippen LogP contribution is 2.39. The van der Waals surface area contributed by atoms with Gasteiger partial charge in [0.25, 0.3) is 11.8 Å². The van der Waals surface area contributed by atoms with Crippen LogP contribution in [0, 0.1) is 0 Å². The van der Waals surface area contributed by atoms with Gasteiger partial charge in [0.1, 0.15) is 13.2 Å². The van der Waals surface area contributed by atoms with E-state index in [1.807, 2.05) is 0 Å². The van der Waals surface area contributed by atoms with Crippen molar-refractivity contribution < 1.29 is 19.1 Å². The second kappa shape index (κ2) is 6.11. The molecule has 6 rings (SSSR count). The number of benzene rings is 1. The number of pyridine rings is 2. The minimum Gasteiger partial charge on any atom is -0.486 e. The number of rotatable bonds is 2. The number of H-pyrrole nitrogens is 1. The molecular formula is C21H13N5O4. The Hall–Kier alpha value is -4.27. The number of amides is 2. The number of nitrogens with zero attached hydrogens (tertiary/aromatic N) is 4. The Morgan fingerprint density at radius 3 is 2.60 bits per heavy atom. The Kier molecular flexibility index (Phi) is 3.40. The molecule has 0 saturated carbocycles. The molecule has 0 spiro atoms. The lowest BCUT2D eigenvalue weighted by Crippen LogP contribution is -2.29. The van der Waals surface area contributed by atoms with Gasteiger partial charge in [0.2, 0.25) is 0 Å². The first kappa shape index (κ1) is 16.7. The number of hydrogen-bond donors (Lipinski definition) is 1. The molecule has 0 aliphatic carbocycles. The van der Waals surface area contributed by atoms with E-state index in [4.69, 9.17) is 9.47 Å². The third-order valence-electron chi connectivity index (χ3n) is 5.19. The average molecular weight is 399 g/mol. The van der Waals surface area contributed by atoms with Crippen LogP contribution in [0.2, 0.25) is 0 Å². The average Bonchev–Trinajstić information content (AvgIpc) is 3.33. The van der Waals surface area contributed by atoms with Crippen LogP contribution in [0.25, 0.3) is 22.3 Å². The summed E-state index contributed by atoms with van der Waals surface area (Å²) < 4.78 is 11.1.